The third-order valence-electron chi connectivity index (χ3n) is 16.1. The first-order valence-corrected chi connectivity index (χ1v) is 31.1. The lowest BCUT2D eigenvalue weighted by Crippen LogP contribution is -2.39. The third kappa shape index (κ3) is 15.9. The van der Waals surface area contributed by atoms with E-state index in [0.29, 0.717) is 45.5 Å². The number of benzene rings is 9. The van der Waals surface area contributed by atoms with E-state index in [1.165, 1.54) is 11.1 Å². The molecule has 0 atom stereocenters. The number of nitrogen functional groups attached to an aromatic ring is 4. The molecule has 97 heavy (non-hydrogen) atoms. The van der Waals surface area contributed by atoms with Crippen LogP contribution < -0.4 is 34.0 Å². The van der Waals surface area contributed by atoms with Crippen molar-refractivity contribution in [3.8, 4) is 58.1 Å². The SMILES string of the molecule is CC1(C)CN=C(c2ccc(C#Cc3cc(N)nc4ccccc34)cc2)N1.Cc1ccc2cnc(N)c(-c3ccc(-c4ccc(C#N)cc4)cc3)c2c1.Cc1ccc2cnc(N)c(/C=C/c3ccc(C#N)cc3)c2c1.Cc1ccc2cnc(N)c(C#Cc3ccc(C(N)=O)cc3)c2c1. The number of pyridine rings is 4. The number of fused-ring (bicyclic) bond motifs is 4. The summed E-state index contributed by atoms with van der Waals surface area (Å²) in [5.74, 6) is 15.0. The summed E-state index contributed by atoms with van der Waals surface area (Å²) in [6, 6.07) is 70.9. The van der Waals surface area contributed by atoms with E-state index in [0.717, 1.165) is 117 Å². The normalized spacial score (nSPS) is 11.8. The summed E-state index contributed by atoms with van der Waals surface area (Å²) >= 11 is 0. The van der Waals surface area contributed by atoms with Gasteiger partial charge in [0.2, 0.25) is 5.91 Å². The molecule has 4 aromatic heterocycles. The van der Waals surface area contributed by atoms with Gasteiger partial charge in [-0.1, -0.05) is 180 Å². The van der Waals surface area contributed by atoms with Crippen LogP contribution in [-0.2, 0) is 0 Å². The summed E-state index contributed by atoms with van der Waals surface area (Å²) in [6.07, 6.45) is 9.32. The van der Waals surface area contributed by atoms with Gasteiger partial charge in [-0.25, -0.2) is 19.9 Å². The van der Waals surface area contributed by atoms with Gasteiger partial charge in [-0.3, -0.25) is 9.79 Å². The van der Waals surface area contributed by atoms with Gasteiger partial charge in [0.1, 0.15) is 29.1 Å². The number of nitrogens with one attached hydrogen (secondary N) is 1. The molecule has 1 aliphatic rings. The molecular weight excluding hydrogens is 1200 g/mol. The minimum Gasteiger partial charge on any atom is -0.384 e. The fraction of sp³-hybridized carbons (Fsp3) is 0.0843. The molecule has 0 radical (unpaired) electrons. The van der Waals surface area contributed by atoms with E-state index >= 15 is 0 Å². The number of aromatic nitrogens is 4. The summed E-state index contributed by atoms with van der Waals surface area (Å²) in [7, 11) is 0. The van der Waals surface area contributed by atoms with Gasteiger partial charge < -0.3 is 34.0 Å². The van der Waals surface area contributed by atoms with Gasteiger partial charge in [-0.2, -0.15) is 10.5 Å². The minimum atomic E-state index is -0.456. The lowest BCUT2D eigenvalue weighted by Gasteiger charge is -2.18. The third-order valence-corrected chi connectivity index (χ3v) is 16.1. The zero-order valence-corrected chi connectivity index (χ0v) is 54.1. The van der Waals surface area contributed by atoms with E-state index in [1.807, 2.05) is 122 Å². The summed E-state index contributed by atoms with van der Waals surface area (Å²) in [6.45, 7) is 11.2. The quantitative estimate of drug-likeness (QED) is 0.0849. The number of carbonyl (C=O) groups is 1. The van der Waals surface area contributed by atoms with Crippen molar-refractivity contribution in [2.45, 2.75) is 40.2 Å². The molecule has 13 aromatic rings. The molecule has 0 saturated carbocycles. The highest BCUT2D eigenvalue weighted by molar-refractivity contribution is 6.02. The largest absolute Gasteiger partial charge is 0.384 e. The average Bonchev–Trinajstić information content (AvgIpc) is 1.33. The van der Waals surface area contributed by atoms with Crippen LogP contribution >= 0.6 is 0 Å². The second-order valence-corrected chi connectivity index (χ2v) is 24.0. The summed E-state index contributed by atoms with van der Waals surface area (Å²) in [5, 5.41) is 28.5. The molecule has 14 rings (SSSR count). The zero-order chi connectivity index (χ0) is 68.2. The van der Waals surface area contributed by atoms with Crippen LogP contribution in [0, 0.1) is 67.1 Å². The number of aliphatic imine (C=N–C) groups is 1. The molecule has 0 bridgehead atoms. The molecule has 470 valence electrons. The molecular formula is C83H67N13O. The molecule has 0 fully saturated rings. The fourth-order valence-electron chi connectivity index (χ4n) is 10.9. The maximum absolute atomic E-state index is 11.1. The van der Waals surface area contributed by atoms with Gasteiger partial charge in [0.15, 0.2) is 0 Å². The van der Waals surface area contributed by atoms with Gasteiger partial charge in [0, 0.05) is 84.5 Å². The summed E-state index contributed by atoms with van der Waals surface area (Å²) in [4.78, 5) is 32.8. The molecule has 0 aliphatic carbocycles. The number of nitrogens with two attached hydrogens (primary N) is 5. The highest BCUT2D eigenvalue weighted by Gasteiger charge is 2.25. The Hall–Kier alpha value is -13.4. The Morgan fingerprint density at radius 2 is 0.990 bits per heavy atom. The van der Waals surface area contributed by atoms with Gasteiger partial charge in [-0.05, 0) is 147 Å². The number of hydrogen-bond donors (Lipinski definition) is 6. The first kappa shape index (κ1) is 65.1. The lowest BCUT2D eigenvalue weighted by atomic mass is 9.96. The first-order valence-electron chi connectivity index (χ1n) is 31.1. The number of para-hydroxylation sites is 1. The van der Waals surface area contributed by atoms with Crippen LogP contribution in [0.15, 0.2) is 230 Å². The molecule has 5 heterocycles. The van der Waals surface area contributed by atoms with Gasteiger partial charge in [0.25, 0.3) is 0 Å². The Morgan fingerprint density at radius 3 is 1.59 bits per heavy atom. The molecule has 11 N–H and O–H groups in total. The second-order valence-electron chi connectivity index (χ2n) is 24.0. The Labute approximate surface area is 563 Å². The molecule has 1 aliphatic heterocycles. The van der Waals surface area contributed by atoms with E-state index < -0.39 is 5.91 Å². The number of amides is 1. The molecule has 1 amide bonds. The van der Waals surface area contributed by atoms with E-state index in [9.17, 15) is 4.79 Å². The summed E-state index contributed by atoms with van der Waals surface area (Å²) in [5.41, 5.74) is 46.1. The van der Waals surface area contributed by atoms with Crippen molar-refractivity contribution in [3.63, 3.8) is 0 Å². The van der Waals surface area contributed by atoms with Crippen molar-refractivity contribution >= 4 is 90.4 Å². The van der Waals surface area contributed by atoms with Crippen LogP contribution in [0.4, 0.5) is 23.3 Å². The number of carbonyl (C=O) groups excluding carboxylic acids is 1. The number of anilines is 4. The monoisotopic (exact) mass is 1260 g/mol. The predicted octanol–water partition coefficient (Wildman–Crippen LogP) is 15.5. The van der Waals surface area contributed by atoms with Crippen molar-refractivity contribution in [2.24, 2.45) is 10.7 Å². The summed E-state index contributed by atoms with van der Waals surface area (Å²) < 4.78 is 0. The standard InChI is InChI=1S/C23H17N3.C22H20N4.C19H15N3O.C19H15N3/c1-15-2-5-20-14-26-23(25)22(21(20)12-15)19-10-8-18(9-11-19)17-6-3-16(13-24)4-7-17;1-22(2)14-24-21(26-22)16-10-7-15(8-11-16)9-12-17-13-20(23)25-19-6-4-3-5-18(17)19;1-12-2-6-15-11-22-18(20)16(17(15)10-12)9-5-13-3-7-14(8-4-13)19(21)23;1-13-2-8-16-12-22-19(21)17(18(16)10-13)9-7-14-3-5-15(11-20)6-4-14/h2-12,14H,1H3,(H2,25,26);3-8,10-11,13H,14H2,1-2H3,(H2,23,25)(H,24,26);2-4,6-8,10-11H,1H3,(H2,20,22)(H2,21,23);2-10,12H,1H3,(H2,21,22)/b;;;9-7+. The van der Waals surface area contributed by atoms with Gasteiger partial charge >= 0.3 is 0 Å². The number of amidine groups is 1. The number of hydrogen-bond acceptors (Lipinski definition) is 13. The number of primary amides is 1. The highest BCUT2D eigenvalue weighted by Crippen LogP contribution is 2.35. The fourth-order valence-corrected chi connectivity index (χ4v) is 10.9. The maximum Gasteiger partial charge on any atom is 0.248 e. The molecule has 0 saturated heterocycles. The number of rotatable bonds is 6. The van der Waals surface area contributed by atoms with Crippen LogP contribution in [0.5, 0.6) is 0 Å². The number of aryl methyl sites for hydroxylation is 3. The molecule has 14 nitrogen and oxygen atoms in total. The number of nitriles is 2. The van der Waals surface area contributed by atoms with Crippen LogP contribution in [0.1, 0.15) is 91.0 Å². The Bertz CT molecular complexity index is 5410. The molecule has 14 heteroatoms. The first-order chi connectivity index (χ1) is 46.9. The van der Waals surface area contributed by atoms with Crippen molar-refractivity contribution in [2.75, 3.05) is 29.5 Å². The Morgan fingerprint density at radius 1 is 0.495 bits per heavy atom. The van der Waals surface area contributed by atoms with E-state index in [1.54, 1.807) is 48.8 Å². The Balaban J connectivity index is 0.000000131. The van der Waals surface area contributed by atoms with Crippen LogP contribution in [-0.4, -0.2) is 43.8 Å². The van der Waals surface area contributed by atoms with Crippen molar-refractivity contribution in [1.29, 1.82) is 10.5 Å². The average molecular weight is 1260 g/mol. The van der Waals surface area contributed by atoms with Crippen LogP contribution in [0.3, 0.4) is 0 Å². The topological polar surface area (TPSA) is 271 Å². The lowest BCUT2D eigenvalue weighted by molar-refractivity contribution is 0.1000. The van der Waals surface area contributed by atoms with Crippen molar-refractivity contribution < 1.29 is 4.79 Å². The minimum absolute atomic E-state index is 0.0240. The van der Waals surface area contributed by atoms with E-state index in [2.05, 4.69) is 167 Å². The van der Waals surface area contributed by atoms with Gasteiger partial charge in [0.05, 0.1) is 46.4 Å². The molecule has 9 aromatic carbocycles. The molecule has 0 unspecified atom stereocenters. The Kier molecular flexibility index (Phi) is 19.5. The van der Waals surface area contributed by atoms with Crippen LogP contribution in [0.2, 0.25) is 0 Å². The van der Waals surface area contributed by atoms with E-state index in [4.69, 9.17) is 39.2 Å². The van der Waals surface area contributed by atoms with Crippen LogP contribution in [0.25, 0.3) is 77.6 Å². The maximum atomic E-state index is 11.1. The van der Waals surface area contributed by atoms with Crippen molar-refractivity contribution in [1.82, 2.24) is 25.3 Å². The second kappa shape index (κ2) is 29.0. The van der Waals surface area contributed by atoms with Crippen molar-refractivity contribution in [3.05, 3.63) is 297 Å². The predicted molar refractivity (Wildman–Crippen MR) is 396 cm³/mol. The number of nitrogens with zero attached hydrogens (tertiary/aromatic N) is 7. The smallest absolute Gasteiger partial charge is 0.248 e. The highest BCUT2D eigenvalue weighted by atomic mass is 16.1. The van der Waals surface area contributed by atoms with Gasteiger partial charge in [-0.15, -0.1) is 0 Å². The van der Waals surface area contributed by atoms with E-state index in [-0.39, 0.29) is 5.54 Å². The molecule has 0 spiro atoms. The zero-order valence-electron chi connectivity index (χ0n) is 54.1.